The molecule has 0 radical (unpaired) electrons. The summed E-state index contributed by atoms with van der Waals surface area (Å²) in [6, 6.07) is 49.3. The zero-order valence-corrected chi connectivity index (χ0v) is 41.9. The second-order valence-corrected chi connectivity index (χ2v) is 28.1. The van der Waals surface area contributed by atoms with E-state index in [2.05, 4.69) is 197 Å². The summed E-state index contributed by atoms with van der Waals surface area (Å²) in [5.41, 5.74) is 18.7. The molecule has 2 aliphatic rings. The summed E-state index contributed by atoms with van der Waals surface area (Å²) in [6.07, 6.45) is 12.6. The summed E-state index contributed by atoms with van der Waals surface area (Å²) >= 11 is 6.07. The van der Waals surface area contributed by atoms with E-state index >= 15 is 0 Å². The summed E-state index contributed by atoms with van der Waals surface area (Å²) in [4.78, 5) is 2.87. The van der Waals surface area contributed by atoms with Crippen LogP contribution in [0, 0.1) is 13.8 Å². The third-order valence-corrected chi connectivity index (χ3v) is 21.4. The smallest absolute Gasteiger partial charge is 0.0904 e. The van der Waals surface area contributed by atoms with Crippen LogP contribution in [0.1, 0.15) is 132 Å². The monoisotopic (exact) mass is 894 g/mol. The molecule has 0 amide bonds. The van der Waals surface area contributed by atoms with Gasteiger partial charge in [0.1, 0.15) is 0 Å². The number of hydrogen-bond donors (Lipinski definition) is 0. The Morgan fingerprint density at radius 3 is 1.46 bits per heavy atom. The van der Waals surface area contributed by atoms with Crippen molar-refractivity contribution in [3.05, 3.63) is 193 Å². The van der Waals surface area contributed by atoms with Gasteiger partial charge in [0.05, 0.1) is 23.6 Å². The Balaban J connectivity index is 1.25. The zero-order chi connectivity index (χ0) is 43.5. The van der Waals surface area contributed by atoms with Crippen LogP contribution in [0.25, 0.3) is 30.3 Å². The van der Waals surface area contributed by atoms with Crippen molar-refractivity contribution >= 4 is 56.0 Å². The third-order valence-electron chi connectivity index (χ3n) is 14.4. The molecule has 0 bridgehead atoms. The standard InChI is InChI=1S/C59H62S3Si/c1-8-10-12-14-16-41-22-30-44(31-23-41)58(43-26-18-39(3)19-27-43)49-34-35-60-55(49)47-36-51-48(37-50(47)58)56-54(57-52(61-56)38-53(62-57)63(5,6)7)59(51,45-28-20-40(4)21-29-45)46-32-24-42(25-33-46)17-15-13-11-9-2/h18-38H,8-17H2,1-7H3. The summed E-state index contributed by atoms with van der Waals surface area (Å²) < 4.78 is 4.54. The average molecular weight is 895 g/mol. The molecule has 5 aromatic carbocycles. The normalized spacial score (nSPS) is 17.6. The number of aryl methyl sites for hydroxylation is 4. The molecule has 2 atom stereocenters. The van der Waals surface area contributed by atoms with Gasteiger partial charge in [-0.2, -0.15) is 0 Å². The van der Waals surface area contributed by atoms with Gasteiger partial charge in [-0.1, -0.05) is 180 Å². The Kier molecular flexibility index (Phi) is 11.4. The van der Waals surface area contributed by atoms with E-state index in [1.54, 1.807) is 4.50 Å². The minimum Gasteiger partial charge on any atom is -0.144 e. The molecular weight excluding hydrogens is 833 g/mol. The van der Waals surface area contributed by atoms with Crippen molar-refractivity contribution < 1.29 is 0 Å². The van der Waals surface area contributed by atoms with Gasteiger partial charge in [0.25, 0.3) is 0 Å². The predicted molar refractivity (Wildman–Crippen MR) is 280 cm³/mol. The predicted octanol–water partition coefficient (Wildman–Crippen LogP) is 17.2. The van der Waals surface area contributed by atoms with Gasteiger partial charge in [-0.15, -0.1) is 34.0 Å². The van der Waals surface area contributed by atoms with E-state index in [4.69, 9.17) is 0 Å². The number of fused-ring (bicyclic) bond motifs is 8. The number of rotatable bonds is 15. The lowest BCUT2D eigenvalue weighted by atomic mass is 9.65. The maximum absolute atomic E-state index is 2.69. The molecule has 2 aliphatic carbocycles. The first-order valence-electron chi connectivity index (χ1n) is 23.8. The van der Waals surface area contributed by atoms with Gasteiger partial charge < -0.3 is 0 Å². The van der Waals surface area contributed by atoms with Crippen molar-refractivity contribution in [3.8, 4) is 20.9 Å². The SMILES string of the molecule is CCCCCCc1ccc(C2(c3ccc(C)cc3)c3cc4c(cc3-c3sccc32)C(c2ccc(C)cc2)(c2ccc(CCCCCC)cc2)c2c-4sc3cc([Si](C)(C)C)sc23)cc1. The second-order valence-electron chi connectivity index (χ2n) is 19.7. The van der Waals surface area contributed by atoms with Crippen LogP contribution in [0.4, 0.5) is 0 Å². The van der Waals surface area contributed by atoms with Gasteiger partial charge >= 0.3 is 0 Å². The zero-order valence-electron chi connectivity index (χ0n) is 38.4. The van der Waals surface area contributed by atoms with Crippen LogP contribution in [0.5, 0.6) is 0 Å². The Hall–Kier alpha value is -4.32. The summed E-state index contributed by atoms with van der Waals surface area (Å²) in [5, 5.41) is 2.35. The molecule has 0 saturated heterocycles. The van der Waals surface area contributed by atoms with Crippen molar-refractivity contribution in [1.82, 2.24) is 0 Å². The molecule has 63 heavy (non-hydrogen) atoms. The molecule has 0 aliphatic heterocycles. The fourth-order valence-electron chi connectivity index (χ4n) is 11.0. The maximum atomic E-state index is 2.69. The number of benzene rings is 5. The van der Waals surface area contributed by atoms with Crippen molar-refractivity contribution in [2.24, 2.45) is 0 Å². The van der Waals surface area contributed by atoms with Gasteiger partial charge in [0.15, 0.2) is 0 Å². The Labute approximate surface area is 390 Å². The van der Waals surface area contributed by atoms with E-state index in [-0.39, 0.29) is 0 Å². The Morgan fingerprint density at radius 2 is 0.952 bits per heavy atom. The fraction of sp³-hybridized carbons (Fsp3) is 0.322. The van der Waals surface area contributed by atoms with Crippen molar-refractivity contribution in [2.75, 3.05) is 0 Å². The second kappa shape index (κ2) is 16.9. The molecule has 0 nitrogen and oxygen atoms in total. The lowest BCUT2D eigenvalue weighted by Gasteiger charge is -2.35. The highest BCUT2D eigenvalue weighted by molar-refractivity contribution is 7.36. The number of hydrogen-bond acceptors (Lipinski definition) is 3. The van der Waals surface area contributed by atoms with Crippen molar-refractivity contribution in [1.29, 1.82) is 0 Å². The molecule has 3 aromatic heterocycles. The summed E-state index contributed by atoms with van der Waals surface area (Å²) in [7, 11) is -1.57. The van der Waals surface area contributed by atoms with E-state index in [0.717, 1.165) is 12.8 Å². The molecule has 8 aromatic rings. The molecule has 4 heteroatoms. The Bertz CT molecular complexity index is 2900. The van der Waals surface area contributed by atoms with Crippen LogP contribution in [-0.4, -0.2) is 8.07 Å². The molecule has 0 saturated carbocycles. The van der Waals surface area contributed by atoms with Gasteiger partial charge in [-0.3, -0.25) is 0 Å². The fourth-order valence-corrected chi connectivity index (χ4v) is 16.7. The van der Waals surface area contributed by atoms with Gasteiger partial charge in [0.2, 0.25) is 0 Å². The van der Waals surface area contributed by atoms with E-state index in [1.807, 2.05) is 11.3 Å². The molecule has 320 valence electrons. The van der Waals surface area contributed by atoms with Crippen molar-refractivity contribution in [2.45, 2.75) is 122 Å². The van der Waals surface area contributed by atoms with Crippen LogP contribution >= 0.6 is 34.0 Å². The minimum absolute atomic E-state index is 0.428. The minimum atomic E-state index is -1.57. The average Bonchev–Trinajstić information content (AvgIpc) is 4.10. The highest BCUT2D eigenvalue weighted by Crippen LogP contribution is 2.66. The van der Waals surface area contributed by atoms with E-state index < -0.39 is 18.9 Å². The van der Waals surface area contributed by atoms with E-state index in [0.29, 0.717) is 0 Å². The van der Waals surface area contributed by atoms with Crippen LogP contribution in [-0.2, 0) is 23.7 Å². The van der Waals surface area contributed by atoms with Crippen LogP contribution < -0.4 is 4.50 Å². The molecule has 0 fully saturated rings. The lowest BCUT2D eigenvalue weighted by molar-refractivity contribution is 0.666. The molecule has 2 unspecified atom stereocenters. The van der Waals surface area contributed by atoms with Crippen LogP contribution in [0.2, 0.25) is 19.6 Å². The summed E-state index contributed by atoms with van der Waals surface area (Å²) in [5.74, 6) is 0. The third kappa shape index (κ3) is 7.01. The highest BCUT2D eigenvalue weighted by atomic mass is 32.1. The number of thiophene rings is 3. The first-order valence-corrected chi connectivity index (χ1v) is 29.8. The molecular formula is C59H62S3Si. The quantitative estimate of drug-likeness (QED) is 0.0710. The molecule has 10 rings (SSSR count). The largest absolute Gasteiger partial charge is 0.144 e. The summed E-state index contributed by atoms with van der Waals surface area (Å²) in [6.45, 7) is 16.6. The molecule has 0 N–H and O–H groups in total. The number of unbranched alkanes of at least 4 members (excludes halogenated alkanes) is 6. The first kappa shape index (κ1) is 42.6. The Morgan fingerprint density at radius 1 is 0.476 bits per heavy atom. The van der Waals surface area contributed by atoms with E-state index in [1.165, 1.54) is 148 Å². The topological polar surface area (TPSA) is 0 Å². The van der Waals surface area contributed by atoms with Crippen molar-refractivity contribution in [3.63, 3.8) is 0 Å². The van der Waals surface area contributed by atoms with Gasteiger partial charge in [0, 0.05) is 20.0 Å². The highest BCUT2D eigenvalue weighted by Gasteiger charge is 2.53. The molecule has 3 heterocycles. The maximum Gasteiger partial charge on any atom is 0.0904 e. The van der Waals surface area contributed by atoms with Crippen LogP contribution in [0.15, 0.2) is 127 Å². The van der Waals surface area contributed by atoms with Crippen LogP contribution in [0.3, 0.4) is 0 Å². The first-order chi connectivity index (χ1) is 30.6. The lowest BCUT2D eigenvalue weighted by Crippen LogP contribution is -2.34. The van der Waals surface area contributed by atoms with Gasteiger partial charge in [-0.25, -0.2) is 0 Å². The van der Waals surface area contributed by atoms with E-state index in [9.17, 15) is 0 Å². The van der Waals surface area contributed by atoms with Gasteiger partial charge in [-0.05, 0) is 135 Å². The molecule has 0 spiro atoms.